The Morgan fingerprint density at radius 3 is 2.48 bits per heavy atom. The van der Waals surface area contributed by atoms with Crippen molar-refractivity contribution in [2.75, 3.05) is 10.6 Å². The highest BCUT2D eigenvalue weighted by molar-refractivity contribution is 7.15. The van der Waals surface area contributed by atoms with Crippen LogP contribution in [0.4, 0.5) is 15.6 Å². The Morgan fingerprint density at radius 1 is 1.12 bits per heavy atom. The number of nitrogens with one attached hydrogen (secondary N) is 3. The fraction of sp³-hybridized carbons (Fsp3) is 0.412. The quantitative estimate of drug-likeness (QED) is 0.705. The van der Waals surface area contributed by atoms with Crippen LogP contribution in [0.3, 0.4) is 0 Å². The van der Waals surface area contributed by atoms with Crippen molar-refractivity contribution in [1.82, 2.24) is 15.5 Å². The van der Waals surface area contributed by atoms with Gasteiger partial charge in [-0.15, -0.1) is 10.2 Å². The van der Waals surface area contributed by atoms with Crippen molar-refractivity contribution in [3.63, 3.8) is 0 Å². The topological polar surface area (TPSA) is 96.0 Å². The van der Waals surface area contributed by atoms with E-state index in [2.05, 4.69) is 33.1 Å². The second-order valence-corrected chi connectivity index (χ2v) is 6.99. The van der Waals surface area contributed by atoms with Crippen molar-refractivity contribution in [2.45, 2.75) is 39.7 Å². The highest BCUT2D eigenvalue weighted by Gasteiger charge is 2.25. The third-order valence-corrected chi connectivity index (χ3v) is 4.33. The number of aromatic nitrogens is 2. The van der Waals surface area contributed by atoms with E-state index in [1.54, 1.807) is 12.1 Å². The lowest BCUT2D eigenvalue weighted by Crippen LogP contribution is -2.48. The minimum absolute atomic E-state index is 0.0791. The van der Waals surface area contributed by atoms with E-state index in [1.165, 1.54) is 11.3 Å². The molecule has 0 aliphatic carbocycles. The van der Waals surface area contributed by atoms with Gasteiger partial charge >= 0.3 is 6.03 Å². The fourth-order valence-corrected chi connectivity index (χ4v) is 3.01. The highest BCUT2D eigenvalue weighted by atomic mass is 32.1. The number of hydrogen-bond acceptors (Lipinski definition) is 5. The van der Waals surface area contributed by atoms with Crippen LogP contribution in [0.2, 0.25) is 0 Å². The Kier molecular flexibility index (Phi) is 6.88. The van der Waals surface area contributed by atoms with E-state index in [0.29, 0.717) is 10.8 Å². The van der Waals surface area contributed by atoms with E-state index in [1.807, 2.05) is 32.0 Å². The maximum Gasteiger partial charge on any atom is 0.319 e. The standard InChI is InChI=1S/C17H23N5O2S/c1-4-8-13-21-22-17(25-13)20-15(23)14(11(2)3)19-16(24)18-12-9-6-5-7-10-12/h5-7,9-11,14H,4,8H2,1-3H3,(H2,18,19,24)(H,20,22,23). The molecule has 3 N–H and O–H groups in total. The summed E-state index contributed by atoms with van der Waals surface area (Å²) in [5.74, 6) is -0.387. The summed E-state index contributed by atoms with van der Waals surface area (Å²) in [7, 11) is 0. The van der Waals surface area contributed by atoms with Crippen molar-refractivity contribution in [1.29, 1.82) is 0 Å². The molecule has 1 aromatic carbocycles. The second kappa shape index (κ2) is 9.12. The van der Waals surface area contributed by atoms with Crippen LogP contribution in [0.15, 0.2) is 30.3 Å². The number of aryl methyl sites for hydroxylation is 1. The minimum atomic E-state index is -0.678. The van der Waals surface area contributed by atoms with Crippen molar-refractivity contribution in [3.8, 4) is 0 Å². The first kappa shape index (κ1) is 18.9. The molecular formula is C17H23N5O2S. The Bertz CT molecular complexity index is 702. The lowest BCUT2D eigenvalue weighted by molar-refractivity contribution is -0.118. The molecular weight excluding hydrogens is 338 g/mol. The number of nitrogens with zero attached hydrogens (tertiary/aromatic N) is 2. The Morgan fingerprint density at radius 2 is 1.84 bits per heavy atom. The largest absolute Gasteiger partial charge is 0.326 e. The van der Waals surface area contributed by atoms with Gasteiger partial charge in [-0.05, 0) is 24.5 Å². The molecule has 7 nitrogen and oxygen atoms in total. The number of urea groups is 1. The molecule has 0 saturated carbocycles. The summed E-state index contributed by atoms with van der Waals surface area (Å²) in [4.78, 5) is 24.6. The summed E-state index contributed by atoms with van der Waals surface area (Å²) >= 11 is 1.35. The Hall–Kier alpha value is -2.48. The number of amides is 3. The Labute approximate surface area is 151 Å². The molecule has 0 aliphatic heterocycles. The van der Waals surface area contributed by atoms with E-state index in [9.17, 15) is 9.59 Å². The van der Waals surface area contributed by atoms with Crippen molar-refractivity contribution >= 4 is 34.1 Å². The monoisotopic (exact) mass is 361 g/mol. The van der Waals surface area contributed by atoms with Gasteiger partial charge in [0, 0.05) is 12.1 Å². The molecule has 0 saturated heterocycles. The zero-order valence-corrected chi connectivity index (χ0v) is 15.4. The smallest absolute Gasteiger partial charge is 0.319 e. The summed E-state index contributed by atoms with van der Waals surface area (Å²) in [6.07, 6.45) is 1.80. The van der Waals surface area contributed by atoms with Gasteiger partial charge in [-0.1, -0.05) is 50.3 Å². The first-order valence-corrected chi connectivity index (χ1v) is 9.07. The van der Waals surface area contributed by atoms with Crippen LogP contribution in [0.5, 0.6) is 0 Å². The third-order valence-electron chi connectivity index (χ3n) is 3.43. The Balaban J connectivity index is 1.96. The van der Waals surface area contributed by atoms with Gasteiger partial charge in [-0.25, -0.2) is 4.79 Å². The van der Waals surface area contributed by atoms with E-state index < -0.39 is 12.1 Å². The van der Waals surface area contributed by atoms with E-state index in [0.717, 1.165) is 17.8 Å². The second-order valence-electron chi connectivity index (χ2n) is 5.93. The average Bonchev–Trinajstić information content (AvgIpc) is 3.00. The number of hydrogen-bond donors (Lipinski definition) is 3. The molecule has 25 heavy (non-hydrogen) atoms. The number of carbonyl (C=O) groups is 2. The van der Waals surface area contributed by atoms with Crippen LogP contribution in [0.25, 0.3) is 0 Å². The molecule has 0 radical (unpaired) electrons. The lowest BCUT2D eigenvalue weighted by Gasteiger charge is -2.21. The SMILES string of the molecule is CCCc1nnc(NC(=O)C(NC(=O)Nc2ccccc2)C(C)C)s1. The van der Waals surface area contributed by atoms with Gasteiger partial charge in [-0.3, -0.25) is 10.1 Å². The number of carbonyl (C=O) groups excluding carboxylic acids is 2. The molecule has 8 heteroatoms. The van der Waals surface area contributed by atoms with Crippen LogP contribution < -0.4 is 16.0 Å². The molecule has 134 valence electrons. The van der Waals surface area contributed by atoms with E-state index in [4.69, 9.17) is 0 Å². The maximum atomic E-state index is 12.5. The molecule has 3 amide bonds. The fourth-order valence-electron chi connectivity index (χ4n) is 2.17. The van der Waals surface area contributed by atoms with Crippen LogP contribution in [-0.2, 0) is 11.2 Å². The van der Waals surface area contributed by atoms with Crippen molar-refractivity contribution in [2.24, 2.45) is 5.92 Å². The summed E-state index contributed by atoms with van der Waals surface area (Å²) in [5, 5.41) is 17.5. The predicted molar refractivity (Wildman–Crippen MR) is 99.8 cm³/mol. The van der Waals surface area contributed by atoms with Gasteiger partial charge in [0.2, 0.25) is 11.0 Å². The predicted octanol–water partition coefficient (Wildman–Crippen LogP) is 3.28. The highest BCUT2D eigenvalue weighted by Crippen LogP contribution is 2.17. The van der Waals surface area contributed by atoms with E-state index in [-0.39, 0.29) is 11.8 Å². The molecule has 0 bridgehead atoms. The number of anilines is 2. The summed E-state index contributed by atoms with van der Waals surface area (Å²) in [6, 6.07) is 7.96. The van der Waals surface area contributed by atoms with E-state index >= 15 is 0 Å². The minimum Gasteiger partial charge on any atom is -0.326 e. The first-order valence-electron chi connectivity index (χ1n) is 8.25. The molecule has 0 aliphatic rings. The first-order chi connectivity index (χ1) is 12.0. The average molecular weight is 361 g/mol. The van der Waals surface area contributed by atoms with Crippen LogP contribution in [0.1, 0.15) is 32.2 Å². The summed E-state index contributed by atoms with van der Waals surface area (Å²) < 4.78 is 0. The van der Waals surface area contributed by atoms with Gasteiger partial charge in [0.15, 0.2) is 0 Å². The molecule has 2 rings (SSSR count). The molecule has 1 aromatic heterocycles. The molecule has 1 unspecified atom stereocenters. The van der Waals surface area contributed by atoms with Gasteiger partial charge < -0.3 is 10.6 Å². The van der Waals surface area contributed by atoms with Gasteiger partial charge in [0.25, 0.3) is 0 Å². The van der Waals surface area contributed by atoms with Crippen LogP contribution in [0, 0.1) is 5.92 Å². The summed E-state index contributed by atoms with van der Waals surface area (Å²) in [5.41, 5.74) is 0.663. The maximum absolute atomic E-state index is 12.5. The number of benzene rings is 1. The van der Waals surface area contributed by atoms with Gasteiger partial charge in [0.1, 0.15) is 11.0 Å². The van der Waals surface area contributed by atoms with Crippen molar-refractivity contribution in [3.05, 3.63) is 35.3 Å². The number of rotatable bonds is 7. The van der Waals surface area contributed by atoms with Gasteiger partial charge in [0.05, 0.1) is 0 Å². The lowest BCUT2D eigenvalue weighted by atomic mass is 10.0. The normalized spacial score (nSPS) is 11.8. The van der Waals surface area contributed by atoms with Crippen molar-refractivity contribution < 1.29 is 9.59 Å². The third kappa shape index (κ3) is 5.82. The number of para-hydroxylation sites is 1. The van der Waals surface area contributed by atoms with Crippen LogP contribution in [-0.4, -0.2) is 28.2 Å². The van der Waals surface area contributed by atoms with Crippen LogP contribution >= 0.6 is 11.3 Å². The molecule has 0 fully saturated rings. The zero-order valence-electron chi connectivity index (χ0n) is 14.6. The summed E-state index contributed by atoms with van der Waals surface area (Å²) in [6.45, 7) is 5.80. The zero-order chi connectivity index (χ0) is 18.2. The molecule has 0 spiro atoms. The molecule has 2 aromatic rings. The molecule has 1 atom stereocenters. The molecule has 1 heterocycles. The van der Waals surface area contributed by atoms with Gasteiger partial charge in [-0.2, -0.15) is 0 Å².